The van der Waals surface area contributed by atoms with Crippen molar-refractivity contribution < 1.29 is 9.59 Å². The van der Waals surface area contributed by atoms with Crippen molar-refractivity contribution in [2.45, 2.75) is 53.1 Å². The minimum absolute atomic E-state index is 0.00530. The molecule has 0 saturated carbocycles. The van der Waals surface area contributed by atoms with Gasteiger partial charge in [-0.15, -0.1) is 11.3 Å². The van der Waals surface area contributed by atoms with Gasteiger partial charge >= 0.3 is 0 Å². The standard InChI is InChI=1S/C22H26N4O3S/c1-4-5-19(28)25-17-8-6-16(7-9-17)12-23-18(27)10-11-26-13-24-21-20(22(26)29)14(2)15(3)30-21/h6-9,13H,4-5,10-12H2,1-3H3,(H,23,27)(H,25,28). The fourth-order valence-electron chi connectivity index (χ4n) is 3.10. The van der Waals surface area contributed by atoms with Crippen molar-refractivity contribution in [1.29, 1.82) is 0 Å². The van der Waals surface area contributed by atoms with Crippen LogP contribution in [0.5, 0.6) is 0 Å². The maximum Gasteiger partial charge on any atom is 0.262 e. The average Bonchev–Trinajstić information content (AvgIpc) is 3.01. The lowest BCUT2D eigenvalue weighted by Gasteiger charge is -2.09. The topological polar surface area (TPSA) is 93.1 Å². The molecule has 3 rings (SSSR count). The third-order valence-electron chi connectivity index (χ3n) is 4.94. The molecule has 0 aliphatic rings. The van der Waals surface area contributed by atoms with Gasteiger partial charge in [0.2, 0.25) is 11.8 Å². The molecule has 0 spiro atoms. The highest BCUT2D eigenvalue weighted by molar-refractivity contribution is 7.18. The Kier molecular flexibility index (Phi) is 6.99. The summed E-state index contributed by atoms with van der Waals surface area (Å²) in [7, 11) is 0. The molecule has 2 amide bonds. The average molecular weight is 427 g/mol. The van der Waals surface area contributed by atoms with E-state index in [0.717, 1.165) is 32.9 Å². The van der Waals surface area contributed by atoms with Crippen LogP contribution in [0.2, 0.25) is 0 Å². The summed E-state index contributed by atoms with van der Waals surface area (Å²) in [6.45, 7) is 6.53. The largest absolute Gasteiger partial charge is 0.352 e. The molecule has 30 heavy (non-hydrogen) atoms. The summed E-state index contributed by atoms with van der Waals surface area (Å²) in [6, 6.07) is 7.37. The van der Waals surface area contributed by atoms with E-state index in [1.807, 2.05) is 45.0 Å². The SMILES string of the molecule is CCCC(=O)Nc1ccc(CNC(=O)CCn2cnc3sc(C)c(C)c3c2=O)cc1. The highest BCUT2D eigenvalue weighted by Gasteiger charge is 2.12. The predicted octanol–water partition coefficient (Wildman–Crippen LogP) is 3.52. The zero-order valence-corrected chi connectivity index (χ0v) is 18.3. The lowest BCUT2D eigenvalue weighted by atomic mass is 10.2. The molecule has 0 aliphatic carbocycles. The lowest BCUT2D eigenvalue weighted by Crippen LogP contribution is -2.27. The number of nitrogens with zero attached hydrogens (tertiary/aromatic N) is 2. The van der Waals surface area contributed by atoms with E-state index < -0.39 is 0 Å². The number of hydrogen-bond donors (Lipinski definition) is 2. The molecule has 3 aromatic rings. The van der Waals surface area contributed by atoms with Crippen LogP contribution in [0.3, 0.4) is 0 Å². The second-order valence-corrected chi connectivity index (χ2v) is 8.43. The summed E-state index contributed by atoms with van der Waals surface area (Å²) in [5.74, 6) is -0.144. The van der Waals surface area contributed by atoms with Crippen molar-refractivity contribution in [3.05, 3.63) is 57.0 Å². The molecule has 2 heterocycles. The molecule has 2 N–H and O–H groups in total. The number of fused-ring (bicyclic) bond motifs is 1. The molecule has 7 nitrogen and oxygen atoms in total. The maximum atomic E-state index is 12.7. The molecule has 8 heteroatoms. The third-order valence-corrected chi connectivity index (χ3v) is 6.06. The van der Waals surface area contributed by atoms with Gasteiger partial charge in [0, 0.05) is 36.5 Å². The summed E-state index contributed by atoms with van der Waals surface area (Å²) < 4.78 is 1.49. The zero-order chi connectivity index (χ0) is 21.7. The number of hydrogen-bond acceptors (Lipinski definition) is 5. The first-order valence-electron chi connectivity index (χ1n) is 9.99. The molecule has 0 fully saturated rings. The Bertz CT molecular complexity index is 1120. The first-order valence-corrected chi connectivity index (χ1v) is 10.8. The van der Waals surface area contributed by atoms with Crippen molar-refractivity contribution in [3.8, 4) is 0 Å². The highest BCUT2D eigenvalue weighted by Crippen LogP contribution is 2.25. The minimum Gasteiger partial charge on any atom is -0.352 e. The van der Waals surface area contributed by atoms with Crippen molar-refractivity contribution in [1.82, 2.24) is 14.9 Å². The van der Waals surface area contributed by atoms with Crippen LogP contribution in [0, 0.1) is 13.8 Å². The number of thiophene rings is 1. The summed E-state index contributed by atoms with van der Waals surface area (Å²) in [5.41, 5.74) is 2.53. The second-order valence-electron chi connectivity index (χ2n) is 7.23. The monoisotopic (exact) mass is 426 g/mol. The van der Waals surface area contributed by atoms with E-state index in [2.05, 4.69) is 15.6 Å². The van der Waals surface area contributed by atoms with Crippen molar-refractivity contribution in [2.75, 3.05) is 5.32 Å². The van der Waals surface area contributed by atoms with Crippen LogP contribution in [0.1, 0.15) is 42.2 Å². The number of benzene rings is 1. The number of carbonyl (C=O) groups excluding carboxylic acids is 2. The van der Waals surface area contributed by atoms with Gasteiger partial charge in [0.1, 0.15) is 4.83 Å². The van der Waals surface area contributed by atoms with Gasteiger partial charge in [0.15, 0.2) is 0 Å². The number of rotatable bonds is 8. The first kappa shape index (κ1) is 21.7. The van der Waals surface area contributed by atoms with Gasteiger partial charge in [-0.1, -0.05) is 19.1 Å². The summed E-state index contributed by atoms with van der Waals surface area (Å²) in [6.07, 6.45) is 3.01. The Hall–Kier alpha value is -3.00. The second kappa shape index (κ2) is 9.67. The van der Waals surface area contributed by atoms with Crippen molar-refractivity contribution in [2.24, 2.45) is 0 Å². The molecule has 0 atom stereocenters. The van der Waals surface area contributed by atoms with Gasteiger partial charge in [-0.25, -0.2) is 4.98 Å². The number of anilines is 1. The quantitative estimate of drug-likeness (QED) is 0.576. The van der Waals surface area contributed by atoms with Crippen LogP contribution < -0.4 is 16.2 Å². The number of aryl methyl sites for hydroxylation is 3. The van der Waals surface area contributed by atoms with E-state index in [4.69, 9.17) is 0 Å². The number of aromatic nitrogens is 2. The molecule has 0 bridgehead atoms. The van der Waals surface area contributed by atoms with Crippen LogP contribution in [0.25, 0.3) is 10.2 Å². The van der Waals surface area contributed by atoms with Gasteiger partial charge in [0.05, 0.1) is 11.7 Å². The Balaban J connectivity index is 1.52. The Morgan fingerprint density at radius 3 is 2.53 bits per heavy atom. The molecular weight excluding hydrogens is 400 g/mol. The minimum atomic E-state index is -0.138. The van der Waals surface area contributed by atoms with Crippen LogP contribution >= 0.6 is 11.3 Å². The van der Waals surface area contributed by atoms with Gasteiger partial charge in [-0.2, -0.15) is 0 Å². The van der Waals surface area contributed by atoms with Gasteiger partial charge in [0.25, 0.3) is 5.56 Å². The van der Waals surface area contributed by atoms with Gasteiger partial charge < -0.3 is 10.6 Å². The Labute approximate surface area is 179 Å². The van der Waals surface area contributed by atoms with E-state index in [-0.39, 0.29) is 30.3 Å². The van der Waals surface area contributed by atoms with Gasteiger partial charge in [-0.3, -0.25) is 19.0 Å². The van der Waals surface area contributed by atoms with E-state index in [1.54, 1.807) is 0 Å². The van der Waals surface area contributed by atoms with Crippen molar-refractivity contribution >= 4 is 39.1 Å². The predicted molar refractivity (Wildman–Crippen MR) is 120 cm³/mol. The third kappa shape index (κ3) is 5.13. The zero-order valence-electron chi connectivity index (χ0n) is 17.4. The van der Waals surface area contributed by atoms with E-state index in [9.17, 15) is 14.4 Å². The molecule has 1 aromatic carbocycles. The van der Waals surface area contributed by atoms with Crippen LogP contribution in [-0.2, 0) is 22.7 Å². The smallest absolute Gasteiger partial charge is 0.262 e. The van der Waals surface area contributed by atoms with Crippen LogP contribution in [0.4, 0.5) is 5.69 Å². The highest BCUT2D eigenvalue weighted by atomic mass is 32.1. The first-order chi connectivity index (χ1) is 14.4. The van der Waals surface area contributed by atoms with Gasteiger partial charge in [-0.05, 0) is 43.5 Å². The van der Waals surface area contributed by atoms with E-state index in [0.29, 0.717) is 18.4 Å². The van der Waals surface area contributed by atoms with E-state index in [1.165, 1.54) is 22.2 Å². The molecule has 2 aromatic heterocycles. The molecule has 0 saturated heterocycles. The fourth-order valence-corrected chi connectivity index (χ4v) is 4.08. The molecule has 158 valence electrons. The molecular formula is C22H26N4O3S. The normalized spacial score (nSPS) is 10.9. The Morgan fingerprint density at radius 2 is 1.83 bits per heavy atom. The maximum absolute atomic E-state index is 12.7. The molecule has 0 aliphatic heterocycles. The van der Waals surface area contributed by atoms with Crippen molar-refractivity contribution in [3.63, 3.8) is 0 Å². The summed E-state index contributed by atoms with van der Waals surface area (Å²) in [5, 5.41) is 6.34. The fraction of sp³-hybridized carbons (Fsp3) is 0.364. The van der Waals surface area contributed by atoms with E-state index >= 15 is 0 Å². The summed E-state index contributed by atoms with van der Waals surface area (Å²) in [4.78, 5) is 42.7. The number of carbonyl (C=O) groups is 2. The summed E-state index contributed by atoms with van der Waals surface area (Å²) >= 11 is 1.51. The lowest BCUT2D eigenvalue weighted by molar-refractivity contribution is -0.121. The molecule has 0 radical (unpaired) electrons. The number of nitrogens with one attached hydrogen (secondary N) is 2. The molecule has 0 unspecified atom stereocenters. The van der Waals surface area contributed by atoms with Crippen LogP contribution in [0.15, 0.2) is 35.4 Å². The number of amides is 2. The Morgan fingerprint density at radius 1 is 1.10 bits per heavy atom. The van der Waals surface area contributed by atoms with Crippen LogP contribution in [-0.4, -0.2) is 21.4 Å².